The van der Waals surface area contributed by atoms with Crippen LogP contribution in [-0.4, -0.2) is 28.8 Å². The Morgan fingerprint density at radius 3 is 2.66 bits per heavy atom. The SMILES string of the molecule is Cc1ncc(-c2ccccc2C#N)cc1C(=O)c1cccc(N2CCCC(c3ccccc3)C2)n1. The third kappa shape index (κ3) is 4.69. The molecule has 1 fully saturated rings. The quantitative estimate of drug-likeness (QED) is 0.346. The second-order valence-electron chi connectivity index (χ2n) is 8.92. The number of anilines is 1. The van der Waals surface area contributed by atoms with Gasteiger partial charge in [-0.25, -0.2) is 4.98 Å². The Balaban J connectivity index is 1.43. The molecule has 35 heavy (non-hydrogen) atoms. The van der Waals surface area contributed by atoms with Gasteiger partial charge in [-0.1, -0.05) is 54.6 Å². The van der Waals surface area contributed by atoms with Crippen molar-refractivity contribution < 1.29 is 4.79 Å². The first-order valence-electron chi connectivity index (χ1n) is 11.9. The van der Waals surface area contributed by atoms with Gasteiger partial charge in [0.2, 0.25) is 5.78 Å². The van der Waals surface area contributed by atoms with Crippen LogP contribution in [0, 0.1) is 18.3 Å². The van der Waals surface area contributed by atoms with Gasteiger partial charge in [0.1, 0.15) is 11.5 Å². The Labute approximate surface area is 205 Å². The molecule has 4 aromatic rings. The van der Waals surface area contributed by atoms with Crippen molar-refractivity contribution in [1.29, 1.82) is 5.26 Å². The zero-order valence-corrected chi connectivity index (χ0v) is 19.7. The Kier molecular flexibility index (Phi) is 6.36. The Morgan fingerprint density at radius 2 is 1.83 bits per heavy atom. The average molecular weight is 459 g/mol. The highest BCUT2D eigenvalue weighted by molar-refractivity contribution is 6.09. The molecule has 0 aliphatic carbocycles. The molecule has 3 heterocycles. The normalized spacial score (nSPS) is 15.4. The molecule has 5 rings (SSSR count). The van der Waals surface area contributed by atoms with Crippen molar-refractivity contribution in [2.24, 2.45) is 0 Å². The Morgan fingerprint density at radius 1 is 1.03 bits per heavy atom. The summed E-state index contributed by atoms with van der Waals surface area (Å²) in [5.41, 5.74) is 4.95. The largest absolute Gasteiger partial charge is 0.356 e. The van der Waals surface area contributed by atoms with E-state index in [1.807, 2.05) is 49.4 Å². The minimum absolute atomic E-state index is 0.162. The summed E-state index contributed by atoms with van der Waals surface area (Å²) in [6.45, 7) is 3.64. The fourth-order valence-electron chi connectivity index (χ4n) is 4.79. The van der Waals surface area contributed by atoms with Crippen molar-refractivity contribution in [1.82, 2.24) is 9.97 Å². The monoisotopic (exact) mass is 458 g/mol. The molecule has 0 saturated carbocycles. The predicted molar refractivity (Wildman–Crippen MR) is 137 cm³/mol. The van der Waals surface area contributed by atoms with E-state index in [1.165, 1.54) is 5.56 Å². The van der Waals surface area contributed by atoms with E-state index in [1.54, 1.807) is 18.3 Å². The lowest BCUT2D eigenvalue weighted by Gasteiger charge is -2.34. The van der Waals surface area contributed by atoms with Crippen molar-refractivity contribution in [2.75, 3.05) is 18.0 Å². The van der Waals surface area contributed by atoms with E-state index in [-0.39, 0.29) is 5.78 Å². The summed E-state index contributed by atoms with van der Waals surface area (Å²) in [4.78, 5) is 25.1. The molecule has 0 N–H and O–H groups in total. The minimum atomic E-state index is -0.162. The smallest absolute Gasteiger partial charge is 0.213 e. The molecule has 0 spiro atoms. The first-order chi connectivity index (χ1) is 17.1. The molecule has 2 aromatic carbocycles. The van der Waals surface area contributed by atoms with Crippen LogP contribution in [0.15, 0.2) is 85.1 Å². The average Bonchev–Trinajstić information content (AvgIpc) is 2.93. The molecule has 0 bridgehead atoms. The summed E-state index contributed by atoms with van der Waals surface area (Å²) < 4.78 is 0. The summed E-state index contributed by atoms with van der Waals surface area (Å²) in [5.74, 6) is 1.12. The molecule has 1 saturated heterocycles. The van der Waals surface area contributed by atoms with Crippen molar-refractivity contribution in [3.05, 3.63) is 113 Å². The maximum absolute atomic E-state index is 13.5. The zero-order chi connectivity index (χ0) is 24.2. The lowest BCUT2D eigenvalue weighted by molar-refractivity contribution is 0.103. The number of pyridine rings is 2. The molecular formula is C30H26N4O. The molecule has 5 nitrogen and oxygen atoms in total. The number of benzene rings is 2. The number of ketones is 1. The van der Waals surface area contributed by atoms with Gasteiger partial charge in [-0.05, 0) is 49.6 Å². The number of rotatable bonds is 5. The number of carbonyl (C=O) groups is 1. The first kappa shape index (κ1) is 22.5. The van der Waals surface area contributed by atoms with Crippen molar-refractivity contribution in [3.63, 3.8) is 0 Å². The summed E-state index contributed by atoms with van der Waals surface area (Å²) in [5, 5.41) is 9.48. The van der Waals surface area contributed by atoms with Gasteiger partial charge in [0.15, 0.2) is 0 Å². The number of nitrogens with zero attached hydrogens (tertiary/aromatic N) is 4. The van der Waals surface area contributed by atoms with E-state index >= 15 is 0 Å². The maximum atomic E-state index is 13.5. The summed E-state index contributed by atoms with van der Waals surface area (Å²) in [6.07, 6.45) is 3.95. The van der Waals surface area contributed by atoms with Crippen LogP contribution in [0.5, 0.6) is 0 Å². The van der Waals surface area contributed by atoms with Crippen LogP contribution >= 0.6 is 0 Å². The highest BCUT2D eigenvalue weighted by Crippen LogP contribution is 2.30. The summed E-state index contributed by atoms with van der Waals surface area (Å²) >= 11 is 0. The molecule has 1 unspecified atom stereocenters. The van der Waals surface area contributed by atoms with Gasteiger partial charge < -0.3 is 4.90 Å². The number of piperidine rings is 1. The topological polar surface area (TPSA) is 69.9 Å². The van der Waals surface area contributed by atoms with E-state index in [4.69, 9.17) is 4.98 Å². The maximum Gasteiger partial charge on any atom is 0.213 e. The molecule has 172 valence electrons. The molecule has 0 radical (unpaired) electrons. The molecular weight excluding hydrogens is 432 g/mol. The predicted octanol–water partition coefficient (Wildman–Crippen LogP) is 5.94. The Bertz CT molecular complexity index is 1410. The standard InChI is InChI=1S/C30H26N4O/c1-21-27(17-25(19-32-21)26-13-6-5-11-23(26)18-31)30(35)28-14-7-15-29(33-28)34-16-8-12-24(20-34)22-9-3-2-4-10-22/h2-7,9-11,13-15,17,19,24H,8,12,16,20H2,1H3. The number of nitriles is 1. The van der Waals surface area contributed by atoms with Gasteiger partial charge in [0.05, 0.1) is 11.6 Å². The number of hydrogen-bond donors (Lipinski definition) is 0. The minimum Gasteiger partial charge on any atom is -0.356 e. The lowest BCUT2D eigenvalue weighted by atomic mass is 9.90. The highest BCUT2D eigenvalue weighted by atomic mass is 16.1. The second kappa shape index (κ2) is 9.90. The molecule has 2 aromatic heterocycles. The van der Waals surface area contributed by atoms with Gasteiger partial charge in [0.25, 0.3) is 0 Å². The fourth-order valence-corrected chi connectivity index (χ4v) is 4.79. The van der Waals surface area contributed by atoms with E-state index in [2.05, 4.69) is 40.2 Å². The molecule has 0 amide bonds. The first-order valence-corrected chi connectivity index (χ1v) is 11.9. The summed E-state index contributed by atoms with van der Waals surface area (Å²) in [6, 6.07) is 27.6. The molecule has 1 atom stereocenters. The molecule has 1 aliphatic heterocycles. The number of aryl methyl sites for hydroxylation is 1. The van der Waals surface area contributed by atoms with E-state index < -0.39 is 0 Å². The second-order valence-corrected chi connectivity index (χ2v) is 8.92. The van der Waals surface area contributed by atoms with E-state index in [9.17, 15) is 10.1 Å². The van der Waals surface area contributed by atoms with Gasteiger partial charge >= 0.3 is 0 Å². The van der Waals surface area contributed by atoms with Gasteiger partial charge in [0, 0.05) is 47.6 Å². The third-order valence-corrected chi connectivity index (χ3v) is 6.67. The van der Waals surface area contributed by atoms with Gasteiger partial charge in [-0.3, -0.25) is 9.78 Å². The fraction of sp³-hybridized carbons (Fsp3) is 0.200. The lowest BCUT2D eigenvalue weighted by Crippen LogP contribution is -2.35. The van der Waals surface area contributed by atoms with Crippen molar-refractivity contribution in [3.8, 4) is 17.2 Å². The van der Waals surface area contributed by atoms with Crippen LogP contribution < -0.4 is 4.90 Å². The van der Waals surface area contributed by atoms with Crippen LogP contribution in [-0.2, 0) is 0 Å². The third-order valence-electron chi connectivity index (χ3n) is 6.67. The van der Waals surface area contributed by atoms with E-state index in [0.29, 0.717) is 28.4 Å². The highest BCUT2D eigenvalue weighted by Gasteiger charge is 2.23. The van der Waals surface area contributed by atoms with Crippen LogP contribution in [0.4, 0.5) is 5.82 Å². The zero-order valence-electron chi connectivity index (χ0n) is 19.7. The van der Waals surface area contributed by atoms with Crippen molar-refractivity contribution >= 4 is 11.6 Å². The van der Waals surface area contributed by atoms with Gasteiger partial charge in [-0.15, -0.1) is 0 Å². The van der Waals surface area contributed by atoms with Crippen LogP contribution in [0.3, 0.4) is 0 Å². The Hall–Kier alpha value is -4.30. The van der Waals surface area contributed by atoms with Crippen LogP contribution in [0.2, 0.25) is 0 Å². The van der Waals surface area contributed by atoms with Gasteiger partial charge in [-0.2, -0.15) is 5.26 Å². The number of carbonyl (C=O) groups excluding carboxylic acids is 1. The number of aromatic nitrogens is 2. The molecule has 5 heteroatoms. The molecule has 1 aliphatic rings. The van der Waals surface area contributed by atoms with E-state index in [0.717, 1.165) is 42.9 Å². The number of hydrogen-bond acceptors (Lipinski definition) is 5. The summed E-state index contributed by atoms with van der Waals surface area (Å²) in [7, 11) is 0. The van der Waals surface area contributed by atoms with Crippen LogP contribution in [0.1, 0.15) is 51.6 Å². The van der Waals surface area contributed by atoms with Crippen LogP contribution in [0.25, 0.3) is 11.1 Å². The van der Waals surface area contributed by atoms with Crippen molar-refractivity contribution in [2.45, 2.75) is 25.7 Å².